The van der Waals surface area contributed by atoms with Gasteiger partial charge in [-0.05, 0) is 102 Å². The Morgan fingerprint density at radius 1 is 0.561 bits per heavy atom. The zero-order chi connectivity index (χ0) is 32.9. The average Bonchev–Trinajstić information content (AvgIpc) is 2.77. The Morgan fingerprint density at radius 2 is 0.878 bits per heavy atom. The first-order valence-electron chi connectivity index (χ1n) is 14.6. The Morgan fingerprint density at radius 3 is 1.10 bits per heavy atom. The molecule has 1 fully saturated rings. The highest BCUT2D eigenvalue weighted by Gasteiger charge is 2.54. The number of carbonyl (C=O) groups is 4. The molecular formula is C31H58O10. The monoisotopic (exact) mass is 590 g/mol. The molecule has 0 unspecified atom stereocenters. The Labute approximate surface area is 248 Å². The largest absolute Gasteiger partial charge is 0.494 e. The highest BCUT2D eigenvalue weighted by molar-refractivity contribution is 6.29. The van der Waals surface area contributed by atoms with Gasteiger partial charge in [0.25, 0.3) is 0 Å². The zero-order valence-corrected chi connectivity index (χ0v) is 28.1. The second kappa shape index (κ2) is 23.0. The second-order valence-electron chi connectivity index (χ2n) is 10.8. The van der Waals surface area contributed by atoms with E-state index in [0.717, 1.165) is 6.42 Å². The summed E-state index contributed by atoms with van der Waals surface area (Å²) in [5, 5.41) is 0. The molecule has 1 rings (SSSR count). The van der Waals surface area contributed by atoms with E-state index in [1.165, 1.54) is 0 Å². The third-order valence-electron chi connectivity index (χ3n) is 4.51. The number of hydrogen-bond donors (Lipinski definition) is 0. The average molecular weight is 591 g/mol. The Balaban J connectivity index is -0.000000524. The standard InChI is InChI=1S/C12H20O4.C9H18O2.C8H14O4.C2H6/c1-8(2)15-10(13)12(6-5-7-12)11(14)16-9(3)4;1-7(2)10-6-9(5)11-8(3)4;1-5(2)11-7(9)8(10)12-6(3)4;1-2/h8-9H,5-7H2,1-4H3;7-8H,5-6H2,1-4H3;5-6H,1-4H3;1-2H3. The lowest BCUT2D eigenvalue weighted by atomic mass is 9.68. The Bertz CT molecular complexity index is 719. The summed E-state index contributed by atoms with van der Waals surface area (Å²) < 4.78 is 30.0. The first-order valence-corrected chi connectivity index (χ1v) is 14.6. The third-order valence-corrected chi connectivity index (χ3v) is 4.51. The maximum atomic E-state index is 11.9. The molecule has 0 amide bonds. The van der Waals surface area contributed by atoms with Gasteiger partial charge < -0.3 is 28.4 Å². The van der Waals surface area contributed by atoms with Crippen molar-refractivity contribution in [1.82, 2.24) is 0 Å². The molecule has 1 saturated carbocycles. The van der Waals surface area contributed by atoms with Crippen molar-refractivity contribution in [1.29, 1.82) is 0 Å². The molecule has 1 aliphatic carbocycles. The predicted molar refractivity (Wildman–Crippen MR) is 159 cm³/mol. The van der Waals surface area contributed by atoms with Gasteiger partial charge in [-0.1, -0.05) is 20.4 Å². The highest BCUT2D eigenvalue weighted by atomic mass is 16.6. The molecule has 10 heteroatoms. The molecule has 0 bridgehead atoms. The van der Waals surface area contributed by atoms with Gasteiger partial charge in [-0.3, -0.25) is 9.59 Å². The normalized spacial score (nSPS) is 13.1. The molecule has 0 radical (unpaired) electrons. The van der Waals surface area contributed by atoms with E-state index in [1.54, 1.807) is 55.4 Å². The molecule has 0 saturated heterocycles. The minimum absolute atomic E-state index is 0.193. The van der Waals surface area contributed by atoms with Crippen LogP contribution in [-0.4, -0.2) is 67.1 Å². The molecule has 0 aromatic rings. The van der Waals surface area contributed by atoms with Crippen molar-refractivity contribution in [2.75, 3.05) is 6.61 Å². The molecule has 0 N–H and O–H groups in total. The summed E-state index contributed by atoms with van der Waals surface area (Å²) in [6.45, 7) is 29.9. The first kappa shape index (κ1) is 42.8. The van der Waals surface area contributed by atoms with Gasteiger partial charge in [-0.2, -0.15) is 0 Å². The van der Waals surface area contributed by atoms with Crippen LogP contribution in [0.25, 0.3) is 0 Å². The fraction of sp³-hybridized carbons (Fsp3) is 0.806. The van der Waals surface area contributed by atoms with Gasteiger partial charge in [-0.25, -0.2) is 9.59 Å². The third kappa shape index (κ3) is 21.8. The van der Waals surface area contributed by atoms with Crippen LogP contribution in [0, 0.1) is 5.41 Å². The van der Waals surface area contributed by atoms with E-state index in [9.17, 15) is 19.2 Å². The topological polar surface area (TPSA) is 124 Å². The number of esters is 4. The summed E-state index contributed by atoms with van der Waals surface area (Å²) in [7, 11) is 0. The van der Waals surface area contributed by atoms with Crippen LogP contribution < -0.4 is 0 Å². The molecule has 10 nitrogen and oxygen atoms in total. The summed E-state index contributed by atoms with van der Waals surface area (Å²) in [5.41, 5.74) is -1.02. The molecule has 0 heterocycles. The minimum atomic E-state index is -1.02. The molecule has 0 aliphatic heterocycles. The molecular weight excluding hydrogens is 532 g/mol. The summed E-state index contributed by atoms with van der Waals surface area (Å²) in [6, 6.07) is 0. The number of ether oxygens (including phenoxy) is 6. The van der Waals surface area contributed by atoms with Crippen LogP contribution in [0.1, 0.15) is 116 Å². The number of rotatable bonds is 11. The number of carbonyl (C=O) groups excluding carboxylic acids is 4. The van der Waals surface area contributed by atoms with Crippen LogP contribution in [0.2, 0.25) is 0 Å². The molecule has 0 aromatic heterocycles. The van der Waals surface area contributed by atoms with Gasteiger partial charge in [0.05, 0.1) is 36.6 Å². The minimum Gasteiger partial charge on any atom is -0.494 e. The second-order valence-corrected chi connectivity index (χ2v) is 10.8. The lowest BCUT2D eigenvalue weighted by molar-refractivity contribution is -0.184. The van der Waals surface area contributed by atoms with Crippen LogP contribution >= 0.6 is 0 Å². The van der Waals surface area contributed by atoms with Crippen LogP contribution in [0.3, 0.4) is 0 Å². The van der Waals surface area contributed by atoms with Crippen molar-refractivity contribution in [2.24, 2.45) is 5.41 Å². The molecule has 0 atom stereocenters. The number of hydrogen-bond acceptors (Lipinski definition) is 10. The van der Waals surface area contributed by atoms with Gasteiger partial charge >= 0.3 is 23.9 Å². The summed E-state index contributed by atoms with van der Waals surface area (Å²) in [5.74, 6) is -2.02. The van der Waals surface area contributed by atoms with E-state index in [0.29, 0.717) is 25.2 Å². The zero-order valence-electron chi connectivity index (χ0n) is 28.1. The quantitative estimate of drug-likeness (QED) is 0.0887. The lowest BCUT2D eigenvalue weighted by Crippen LogP contribution is -2.48. The molecule has 0 spiro atoms. The summed E-state index contributed by atoms with van der Waals surface area (Å²) in [6.07, 6.45) is 1.41. The fourth-order valence-electron chi connectivity index (χ4n) is 2.83. The smallest absolute Gasteiger partial charge is 0.417 e. The van der Waals surface area contributed by atoms with Gasteiger partial charge in [-0.15, -0.1) is 0 Å². The van der Waals surface area contributed by atoms with Crippen LogP contribution in [0.4, 0.5) is 0 Å². The van der Waals surface area contributed by atoms with E-state index in [1.807, 2.05) is 41.5 Å². The van der Waals surface area contributed by atoms with E-state index in [2.05, 4.69) is 16.1 Å². The lowest BCUT2D eigenvalue weighted by Gasteiger charge is -2.37. The van der Waals surface area contributed by atoms with Crippen LogP contribution in [0.5, 0.6) is 0 Å². The Kier molecular flexibility index (Phi) is 24.0. The van der Waals surface area contributed by atoms with Crippen molar-refractivity contribution in [3.05, 3.63) is 12.3 Å². The molecule has 242 valence electrons. The molecule has 0 aromatic carbocycles. The van der Waals surface area contributed by atoms with Gasteiger partial charge in [0.15, 0.2) is 5.41 Å². The van der Waals surface area contributed by atoms with E-state index >= 15 is 0 Å². The van der Waals surface area contributed by atoms with Crippen LogP contribution in [-0.2, 0) is 47.6 Å². The van der Waals surface area contributed by atoms with Crippen molar-refractivity contribution in [2.45, 2.75) is 153 Å². The van der Waals surface area contributed by atoms with E-state index in [-0.39, 0.29) is 36.6 Å². The van der Waals surface area contributed by atoms with Crippen molar-refractivity contribution >= 4 is 23.9 Å². The van der Waals surface area contributed by atoms with Gasteiger partial charge in [0.1, 0.15) is 12.4 Å². The van der Waals surface area contributed by atoms with Crippen molar-refractivity contribution < 1.29 is 47.6 Å². The summed E-state index contributed by atoms with van der Waals surface area (Å²) >= 11 is 0. The van der Waals surface area contributed by atoms with Gasteiger partial charge in [0, 0.05) is 0 Å². The van der Waals surface area contributed by atoms with E-state index < -0.39 is 29.3 Å². The van der Waals surface area contributed by atoms with E-state index in [4.69, 9.17) is 18.9 Å². The SMILES string of the molecule is C=C(COC(C)C)OC(C)C.CC.CC(C)OC(=O)C(=O)OC(C)C.CC(C)OC(=O)C1(C(=O)OC(C)C)CCC1. The Hall–Kier alpha value is -2.62. The maximum absolute atomic E-state index is 11.9. The van der Waals surface area contributed by atoms with Crippen molar-refractivity contribution in [3.8, 4) is 0 Å². The fourth-order valence-corrected chi connectivity index (χ4v) is 2.83. The van der Waals surface area contributed by atoms with Gasteiger partial charge in [0.2, 0.25) is 0 Å². The summed E-state index contributed by atoms with van der Waals surface area (Å²) in [4.78, 5) is 45.3. The molecule has 41 heavy (non-hydrogen) atoms. The first-order chi connectivity index (χ1) is 18.8. The predicted octanol–water partition coefficient (Wildman–Crippen LogP) is 6.33. The highest BCUT2D eigenvalue weighted by Crippen LogP contribution is 2.43. The van der Waals surface area contributed by atoms with Crippen LogP contribution in [0.15, 0.2) is 12.3 Å². The molecule has 1 aliphatic rings. The maximum Gasteiger partial charge on any atom is 0.417 e. The van der Waals surface area contributed by atoms with Crippen molar-refractivity contribution in [3.63, 3.8) is 0 Å².